The molecule has 0 aliphatic rings. The molecule has 0 aliphatic carbocycles. The second-order valence-electron chi connectivity index (χ2n) is 5.05. The van der Waals surface area contributed by atoms with E-state index in [2.05, 4.69) is 26.1 Å². The average molecular weight is 214 g/mol. The van der Waals surface area contributed by atoms with Gasteiger partial charge in [-0.2, -0.15) is 0 Å². The standard InChI is InChI=1S/C12H26N2O/c1-6-14(7-2)11(15)8-9-13-10-12(3,4)5/h13H,6-10H2,1-5H3. The van der Waals surface area contributed by atoms with Crippen LogP contribution in [0.15, 0.2) is 0 Å². The van der Waals surface area contributed by atoms with Crippen LogP contribution < -0.4 is 5.32 Å². The summed E-state index contributed by atoms with van der Waals surface area (Å²) in [7, 11) is 0. The van der Waals surface area contributed by atoms with Crippen molar-refractivity contribution in [2.75, 3.05) is 26.2 Å². The molecule has 15 heavy (non-hydrogen) atoms. The summed E-state index contributed by atoms with van der Waals surface area (Å²) in [4.78, 5) is 13.5. The molecule has 0 heterocycles. The number of nitrogens with zero attached hydrogens (tertiary/aromatic N) is 1. The Morgan fingerprint density at radius 1 is 1.20 bits per heavy atom. The molecule has 0 unspecified atom stereocenters. The van der Waals surface area contributed by atoms with Gasteiger partial charge in [0.25, 0.3) is 0 Å². The quantitative estimate of drug-likeness (QED) is 0.685. The smallest absolute Gasteiger partial charge is 0.223 e. The van der Waals surface area contributed by atoms with Crippen molar-refractivity contribution in [3.05, 3.63) is 0 Å². The average Bonchev–Trinajstić information content (AvgIpc) is 2.13. The summed E-state index contributed by atoms with van der Waals surface area (Å²) in [6, 6.07) is 0. The molecule has 0 atom stereocenters. The molecule has 0 aromatic carbocycles. The first-order chi connectivity index (χ1) is 6.90. The van der Waals surface area contributed by atoms with Crippen molar-refractivity contribution < 1.29 is 4.79 Å². The lowest BCUT2D eigenvalue weighted by molar-refractivity contribution is -0.130. The van der Waals surface area contributed by atoms with E-state index in [4.69, 9.17) is 0 Å². The topological polar surface area (TPSA) is 32.3 Å². The number of carbonyl (C=O) groups is 1. The monoisotopic (exact) mass is 214 g/mol. The van der Waals surface area contributed by atoms with Crippen LogP contribution in [0.4, 0.5) is 0 Å². The Labute approximate surface area is 94.2 Å². The molecule has 0 aliphatic heterocycles. The highest BCUT2D eigenvalue weighted by atomic mass is 16.2. The summed E-state index contributed by atoms with van der Waals surface area (Å²) in [5.74, 6) is 0.251. The number of hydrogen-bond acceptors (Lipinski definition) is 2. The molecule has 90 valence electrons. The number of amides is 1. The molecular weight excluding hydrogens is 188 g/mol. The zero-order valence-corrected chi connectivity index (χ0v) is 10.9. The maximum atomic E-state index is 11.6. The van der Waals surface area contributed by atoms with Crippen molar-refractivity contribution in [1.29, 1.82) is 0 Å². The Hall–Kier alpha value is -0.570. The minimum Gasteiger partial charge on any atom is -0.343 e. The molecular formula is C12H26N2O. The Balaban J connectivity index is 3.63. The summed E-state index contributed by atoms with van der Waals surface area (Å²) in [5, 5.41) is 3.31. The van der Waals surface area contributed by atoms with Gasteiger partial charge in [0.05, 0.1) is 0 Å². The molecule has 0 rings (SSSR count). The van der Waals surface area contributed by atoms with Gasteiger partial charge in [0, 0.05) is 32.6 Å². The maximum Gasteiger partial charge on any atom is 0.223 e. The van der Waals surface area contributed by atoms with E-state index in [0.29, 0.717) is 6.42 Å². The van der Waals surface area contributed by atoms with Crippen molar-refractivity contribution in [3.63, 3.8) is 0 Å². The van der Waals surface area contributed by atoms with Crippen LogP contribution in [-0.4, -0.2) is 37.0 Å². The summed E-state index contributed by atoms with van der Waals surface area (Å²) in [6.07, 6.45) is 0.609. The molecule has 0 fully saturated rings. The van der Waals surface area contributed by atoms with Crippen LogP contribution in [0, 0.1) is 5.41 Å². The second kappa shape index (κ2) is 6.83. The second-order valence-corrected chi connectivity index (χ2v) is 5.05. The van der Waals surface area contributed by atoms with E-state index >= 15 is 0 Å². The van der Waals surface area contributed by atoms with Crippen LogP contribution in [0.5, 0.6) is 0 Å². The fraction of sp³-hybridized carbons (Fsp3) is 0.917. The van der Waals surface area contributed by atoms with Gasteiger partial charge in [0.2, 0.25) is 5.91 Å². The lowest BCUT2D eigenvalue weighted by Crippen LogP contribution is -2.34. The molecule has 0 radical (unpaired) electrons. The Bertz CT molecular complexity index is 181. The highest BCUT2D eigenvalue weighted by Gasteiger charge is 2.11. The van der Waals surface area contributed by atoms with Gasteiger partial charge in [-0.3, -0.25) is 4.79 Å². The Morgan fingerprint density at radius 2 is 1.73 bits per heavy atom. The molecule has 1 amide bonds. The van der Waals surface area contributed by atoms with E-state index in [1.54, 1.807) is 0 Å². The van der Waals surface area contributed by atoms with Crippen molar-refractivity contribution in [3.8, 4) is 0 Å². The third-order valence-electron chi connectivity index (χ3n) is 2.29. The van der Waals surface area contributed by atoms with Crippen LogP contribution in [0.1, 0.15) is 41.0 Å². The van der Waals surface area contributed by atoms with E-state index < -0.39 is 0 Å². The van der Waals surface area contributed by atoms with E-state index in [-0.39, 0.29) is 11.3 Å². The summed E-state index contributed by atoms with van der Waals surface area (Å²) < 4.78 is 0. The number of rotatable bonds is 6. The van der Waals surface area contributed by atoms with Crippen molar-refractivity contribution in [2.24, 2.45) is 5.41 Å². The molecule has 3 nitrogen and oxygen atoms in total. The first-order valence-electron chi connectivity index (χ1n) is 5.89. The van der Waals surface area contributed by atoms with Crippen molar-refractivity contribution >= 4 is 5.91 Å². The predicted molar refractivity (Wildman–Crippen MR) is 64.9 cm³/mol. The van der Waals surface area contributed by atoms with E-state index in [0.717, 1.165) is 26.2 Å². The molecule has 0 aromatic rings. The number of nitrogens with one attached hydrogen (secondary N) is 1. The molecule has 0 spiro atoms. The molecule has 0 saturated carbocycles. The zero-order valence-electron chi connectivity index (χ0n) is 10.9. The van der Waals surface area contributed by atoms with Gasteiger partial charge in [0.15, 0.2) is 0 Å². The fourth-order valence-corrected chi connectivity index (χ4v) is 1.39. The summed E-state index contributed by atoms with van der Waals surface area (Å²) in [6.45, 7) is 14.0. The molecule has 0 saturated heterocycles. The van der Waals surface area contributed by atoms with Gasteiger partial charge in [-0.05, 0) is 19.3 Å². The summed E-state index contributed by atoms with van der Waals surface area (Å²) in [5.41, 5.74) is 0.290. The van der Waals surface area contributed by atoms with Crippen LogP contribution in [0.3, 0.4) is 0 Å². The van der Waals surface area contributed by atoms with Crippen LogP contribution in [-0.2, 0) is 4.79 Å². The van der Waals surface area contributed by atoms with Gasteiger partial charge >= 0.3 is 0 Å². The lowest BCUT2D eigenvalue weighted by atomic mass is 9.97. The number of hydrogen-bond donors (Lipinski definition) is 1. The number of carbonyl (C=O) groups excluding carboxylic acids is 1. The van der Waals surface area contributed by atoms with E-state index in [1.165, 1.54) is 0 Å². The van der Waals surface area contributed by atoms with Gasteiger partial charge in [-0.25, -0.2) is 0 Å². The minimum atomic E-state index is 0.251. The van der Waals surface area contributed by atoms with E-state index in [9.17, 15) is 4.79 Å². The van der Waals surface area contributed by atoms with Crippen LogP contribution in [0.2, 0.25) is 0 Å². The molecule has 0 aromatic heterocycles. The van der Waals surface area contributed by atoms with Gasteiger partial charge in [-0.15, -0.1) is 0 Å². The third kappa shape index (κ3) is 7.37. The zero-order chi connectivity index (χ0) is 11.9. The Kier molecular flexibility index (Phi) is 6.57. The Morgan fingerprint density at radius 3 is 2.13 bits per heavy atom. The summed E-state index contributed by atoms with van der Waals surface area (Å²) >= 11 is 0. The predicted octanol–water partition coefficient (Wildman–Crippen LogP) is 1.88. The van der Waals surface area contributed by atoms with Crippen molar-refractivity contribution in [2.45, 2.75) is 41.0 Å². The SMILES string of the molecule is CCN(CC)C(=O)CCNCC(C)(C)C. The highest BCUT2D eigenvalue weighted by Crippen LogP contribution is 2.09. The van der Waals surface area contributed by atoms with Gasteiger partial charge in [0.1, 0.15) is 0 Å². The highest BCUT2D eigenvalue weighted by molar-refractivity contribution is 5.76. The molecule has 3 heteroatoms. The maximum absolute atomic E-state index is 11.6. The minimum absolute atomic E-state index is 0.251. The third-order valence-corrected chi connectivity index (χ3v) is 2.29. The molecule has 0 bridgehead atoms. The molecule has 1 N–H and O–H groups in total. The van der Waals surface area contributed by atoms with Crippen LogP contribution in [0.25, 0.3) is 0 Å². The van der Waals surface area contributed by atoms with E-state index in [1.807, 2.05) is 18.7 Å². The van der Waals surface area contributed by atoms with Gasteiger partial charge in [-0.1, -0.05) is 20.8 Å². The first-order valence-corrected chi connectivity index (χ1v) is 5.89. The lowest BCUT2D eigenvalue weighted by Gasteiger charge is -2.21. The normalized spacial score (nSPS) is 11.5. The fourth-order valence-electron chi connectivity index (χ4n) is 1.39. The van der Waals surface area contributed by atoms with Crippen LogP contribution >= 0.6 is 0 Å². The van der Waals surface area contributed by atoms with Crippen molar-refractivity contribution in [1.82, 2.24) is 10.2 Å². The van der Waals surface area contributed by atoms with Gasteiger partial charge < -0.3 is 10.2 Å². The largest absolute Gasteiger partial charge is 0.343 e. The first kappa shape index (κ1) is 14.4.